The highest BCUT2D eigenvalue weighted by atomic mass is 35.5. The van der Waals surface area contributed by atoms with Gasteiger partial charge in [0.1, 0.15) is 12.3 Å². The minimum absolute atomic E-state index is 0.0725. The SMILES string of the molecule is COc1ccc(Cl)cc1NC(=O)CN(C(C)=O)c1ccc(C(C)=O)cc1. The van der Waals surface area contributed by atoms with Gasteiger partial charge in [-0.3, -0.25) is 14.4 Å². The number of benzene rings is 2. The average molecular weight is 375 g/mol. The Morgan fingerprint density at radius 1 is 1.08 bits per heavy atom. The number of methoxy groups -OCH3 is 1. The summed E-state index contributed by atoms with van der Waals surface area (Å²) in [5.41, 5.74) is 1.47. The average Bonchev–Trinajstić information content (AvgIpc) is 2.59. The number of hydrogen-bond acceptors (Lipinski definition) is 4. The van der Waals surface area contributed by atoms with Crippen molar-refractivity contribution in [3.8, 4) is 5.75 Å². The summed E-state index contributed by atoms with van der Waals surface area (Å²) in [6.45, 7) is 2.64. The molecule has 0 aromatic heterocycles. The predicted octanol–water partition coefficient (Wildman–Crippen LogP) is 3.54. The molecule has 1 N–H and O–H groups in total. The van der Waals surface area contributed by atoms with Crippen LogP contribution in [0.25, 0.3) is 0 Å². The molecular weight excluding hydrogens is 356 g/mol. The molecule has 0 heterocycles. The van der Waals surface area contributed by atoms with Gasteiger partial charge in [0.2, 0.25) is 11.8 Å². The van der Waals surface area contributed by atoms with E-state index in [-0.39, 0.29) is 18.2 Å². The van der Waals surface area contributed by atoms with Crippen LogP contribution in [0.2, 0.25) is 5.02 Å². The molecule has 6 nitrogen and oxygen atoms in total. The lowest BCUT2D eigenvalue weighted by atomic mass is 10.1. The topological polar surface area (TPSA) is 75.7 Å². The van der Waals surface area contributed by atoms with Crippen molar-refractivity contribution >= 4 is 40.6 Å². The van der Waals surface area contributed by atoms with Gasteiger partial charge in [-0.05, 0) is 49.4 Å². The lowest BCUT2D eigenvalue weighted by molar-refractivity contribution is -0.120. The van der Waals surface area contributed by atoms with Crippen molar-refractivity contribution in [3.05, 3.63) is 53.1 Å². The maximum atomic E-state index is 12.4. The first kappa shape index (κ1) is 19.5. The van der Waals surface area contributed by atoms with E-state index < -0.39 is 5.91 Å². The minimum atomic E-state index is -0.406. The predicted molar refractivity (Wildman–Crippen MR) is 101 cm³/mol. The minimum Gasteiger partial charge on any atom is -0.495 e. The highest BCUT2D eigenvalue weighted by Crippen LogP contribution is 2.27. The number of Topliss-reactive ketones (excluding diaryl/α,β-unsaturated/α-hetero) is 1. The molecule has 0 radical (unpaired) electrons. The Morgan fingerprint density at radius 3 is 2.27 bits per heavy atom. The van der Waals surface area contributed by atoms with Crippen molar-refractivity contribution in [2.75, 3.05) is 23.9 Å². The Morgan fingerprint density at radius 2 is 1.73 bits per heavy atom. The molecule has 2 rings (SSSR count). The van der Waals surface area contributed by atoms with E-state index in [4.69, 9.17) is 16.3 Å². The third kappa shape index (κ3) is 4.83. The Kier molecular flexibility index (Phi) is 6.36. The van der Waals surface area contributed by atoms with Gasteiger partial charge in [-0.15, -0.1) is 0 Å². The number of carbonyl (C=O) groups is 3. The first-order valence-corrected chi connectivity index (χ1v) is 8.22. The monoisotopic (exact) mass is 374 g/mol. The molecule has 7 heteroatoms. The zero-order chi connectivity index (χ0) is 19.3. The van der Waals surface area contributed by atoms with Gasteiger partial charge in [-0.25, -0.2) is 0 Å². The van der Waals surface area contributed by atoms with Crippen LogP contribution in [0.3, 0.4) is 0 Å². The zero-order valence-corrected chi connectivity index (χ0v) is 15.5. The fourth-order valence-corrected chi connectivity index (χ4v) is 2.54. The summed E-state index contributed by atoms with van der Waals surface area (Å²) < 4.78 is 5.19. The summed E-state index contributed by atoms with van der Waals surface area (Å²) in [4.78, 5) is 37.0. The van der Waals surface area contributed by atoms with Crippen molar-refractivity contribution in [2.24, 2.45) is 0 Å². The molecule has 26 heavy (non-hydrogen) atoms. The normalized spacial score (nSPS) is 10.2. The second kappa shape index (κ2) is 8.49. The van der Waals surface area contributed by atoms with Crippen LogP contribution < -0.4 is 15.0 Å². The van der Waals surface area contributed by atoms with Crippen LogP contribution in [-0.2, 0) is 9.59 Å². The number of carbonyl (C=O) groups excluding carboxylic acids is 3. The quantitative estimate of drug-likeness (QED) is 0.784. The largest absolute Gasteiger partial charge is 0.495 e. The number of halogens is 1. The van der Waals surface area contributed by atoms with E-state index in [1.165, 1.54) is 25.9 Å². The highest BCUT2D eigenvalue weighted by molar-refractivity contribution is 6.31. The fraction of sp³-hybridized carbons (Fsp3) is 0.211. The number of rotatable bonds is 6. The summed E-state index contributed by atoms with van der Waals surface area (Å²) >= 11 is 5.95. The van der Waals surface area contributed by atoms with Crippen LogP contribution in [-0.4, -0.2) is 31.3 Å². The molecule has 0 aliphatic carbocycles. The Labute approximate surface area is 156 Å². The maximum absolute atomic E-state index is 12.4. The van der Waals surface area contributed by atoms with Crippen LogP contribution in [0.5, 0.6) is 5.75 Å². The molecule has 0 fully saturated rings. The van der Waals surface area contributed by atoms with Crippen LogP contribution >= 0.6 is 11.6 Å². The third-order valence-electron chi connectivity index (χ3n) is 3.70. The Balaban J connectivity index is 2.17. The van der Waals surface area contributed by atoms with Gasteiger partial charge < -0.3 is 15.0 Å². The lowest BCUT2D eigenvalue weighted by Gasteiger charge is -2.21. The number of amides is 2. The fourth-order valence-electron chi connectivity index (χ4n) is 2.37. The molecule has 2 aromatic carbocycles. The number of anilines is 2. The molecule has 0 saturated heterocycles. The van der Waals surface area contributed by atoms with Crippen molar-refractivity contribution in [3.63, 3.8) is 0 Å². The Hall–Kier alpha value is -2.86. The third-order valence-corrected chi connectivity index (χ3v) is 3.94. The molecule has 0 spiro atoms. The van der Waals surface area contributed by atoms with Gasteiger partial charge in [0.05, 0.1) is 12.8 Å². The van der Waals surface area contributed by atoms with Crippen LogP contribution in [0.4, 0.5) is 11.4 Å². The lowest BCUT2D eigenvalue weighted by Crippen LogP contribution is -2.36. The smallest absolute Gasteiger partial charge is 0.244 e. The van der Waals surface area contributed by atoms with Crippen molar-refractivity contribution in [2.45, 2.75) is 13.8 Å². The van der Waals surface area contributed by atoms with E-state index in [0.29, 0.717) is 27.7 Å². The van der Waals surface area contributed by atoms with E-state index in [1.54, 1.807) is 42.5 Å². The highest BCUT2D eigenvalue weighted by Gasteiger charge is 2.17. The summed E-state index contributed by atoms with van der Waals surface area (Å²) in [5.74, 6) is -0.315. The Bertz CT molecular complexity index is 834. The van der Waals surface area contributed by atoms with E-state index >= 15 is 0 Å². The molecule has 2 aromatic rings. The standard InChI is InChI=1S/C19H19ClN2O4/c1-12(23)14-4-7-16(8-5-14)22(13(2)24)11-19(25)21-17-10-15(20)6-9-18(17)26-3/h4-10H,11H2,1-3H3,(H,21,25). The number of nitrogens with zero attached hydrogens (tertiary/aromatic N) is 1. The van der Waals surface area contributed by atoms with Gasteiger partial charge in [0.25, 0.3) is 0 Å². The summed E-state index contributed by atoms with van der Waals surface area (Å²) in [6.07, 6.45) is 0. The second-order valence-electron chi connectivity index (χ2n) is 5.60. The number of hydrogen-bond donors (Lipinski definition) is 1. The molecule has 0 aliphatic heterocycles. The van der Waals surface area contributed by atoms with Gasteiger partial charge in [-0.1, -0.05) is 11.6 Å². The van der Waals surface area contributed by atoms with Crippen LogP contribution in [0.15, 0.2) is 42.5 Å². The molecule has 136 valence electrons. The second-order valence-corrected chi connectivity index (χ2v) is 6.04. The molecule has 0 atom stereocenters. The van der Waals surface area contributed by atoms with E-state index in [9.17, 15) is 14.4 Å². The van der Waals surface area contributed by atoms with Crippen molar-refractivity contribution in [1.29, 1.82) is 0 Å². The van der Waals surface area contributed by atoms with Gasteiger partial charge in [0, 0.05) is 23.2 Å². The number of ether oxygens (including phenoxy) is 1. The number of nitrogens with one attached hydrogen (secondary N) is 1. The summed E-state index contributed by atoms with van der Waals surface area (Å²) in [7, 11) is 1.48. The summed E-state index contributed by atoms with van der Waals surface area (Å²) in [5, 5.41) is 3.14. The molecule has 0 bridgehead atoms. The van der Waals surface area contributed by atoms with Gasteiger partial charge >= 0.3 is 0 Å². The van der Waals surface area contributed by atoms with Crippen molar-refractivity contribution in [1.82, 2.24) is 0 Å². The summed E-state index contributed by atoms with van der Waals surface area (Å²) in [6, 6.07) is 11.3. The number of ketones is 1. The first-order valence-electron chi connectivity index (χ1n) is 7.84. The first-order chi connectivity index (χ1) is 12.3. The molecule has 0 aliphatic rings. The van der Waals surface area contributed by atoms with Crippen LogP contribution in [0.1, 0.15) is 24.2 Å². The van der Waals surface area contributed by atoms with E-state index in [2.05, 4.69) is 5.32 Å². The van der Waals surface area contributed by atoms with E-state index in [0.717, 1.165) is 0 Å². The van der Waals surface area contributed by atoms with Crippen LogP contribution in [0, 0.1) is 0 Å². The van der Waals surface area contributed by atoms with Gasteiger partial charge in [-0.2, -0.15) is 0 Å². The maximum Gasteiger partial charge on any atom is 0.244 e. The molecule has 0 saturated carbocycles. The van der Waals surface area contributed by atoms with Gasteiger partial charge in [0.15, 0.2) is 5.78 Å². The zero-order valence-electron chi connectivity index (χ0n) is 14.7. The van der Waals surface area contributed by atoms with E-state index in [1.807, 2.05) is 0 Å². The molecule has 2 amide bonds. The van der Waals surface area contributed by atoms with Crippen molar-refractivity contribution < 1.29 is 19.1 Å². The molecule has 0 unspecified atom stereocenters. The molecular formula is C19H19ClN2O4.